The van der Waals surface area contributed by atoms with Crippen LogP contribution in [0.15, 0.2) is 24.3 Å². The molecule has 19 heavy (non-hydrogen) atoms. The number of hydrogen-bond acceptors (Lipinski definition) is 4. The summed E-state index contributed by atoms with van der Waals surface area (Å²) in [6.45, 7) is 0.576. The Morgan fingerprint density at radius 3 is 2.53 bits per heavy atom. The molecule has 0 bridgehead atoms. The highest BCUT2D eigenvalue weighted by molar-refractivity contribution is 7.14. The highest BCUT2D eigenvalue weighted by atomic mass is 32.1. The van der Waals surface area contributed by atoms with Crippen LogP contribution in [-0.2, 0) is 6.54 Å². The van der Waals surface area contributed by atoms with Gasteiger partial charge in [0.25, 0.3) is 0 Å². The molecule has 1 aromatic carbocycles. The van der Waals surface area contributed by atoms with Crippen LogP contribution in [0.5, 0.6) is 0 Å². The third-order valence-electron chi connectivity index (χ3n) is 2.43. The van der Waals surface area contributed by atoms with Gasteiger partial charge < -0.3 is 10.0 Å². The number of carbonyl (C=O) groups is 1. The lowest BCUT2D eigenvalue weighted by atomic mass is 10.1. The number of thiazole rings is 1. The number of nitrogens with zero attached hydrogens (tertiary/aromatic N) is 2. The maximum atomic E-state index is 12.9. The minimum absolute atomic E-state index is 0.184. The van der Waals surface area contributed by atoms with E-state index in [-0.39, 0.29) is 10.7 Å². The molecule has 0 radical (unpaired) electrons. The molecule has 1 aromatic heterocycles. The number of carboxylic acid groups (broad SMARTS) is 1. The van der Waals surface area contributed by atoms with E-state index in [1.807, 2.05) is 19.0 Å². The Bertz CT molecular complexity index is 593. The number of aromatic carboxylic acids is 1. The van der Waals surface area contributed by atoms with Crippen molar-refractivity contribution < 1.29 is 14.3 Å². The van der Waals surface area contributed by atoms with Crippen LogP contribution in [0.2, 0.25) is 0 Å². The van der Waals surface area contributed by atoms with Crippen LogP contribution in [0.1, 0.15) is 14.7 Å². The largest absolute Gasteiger partial charge is 0.477 e. The summed E-state index contributed by atoms with van der Waals surface area (Å²) >= 11 is 1.15. The lowest BCUT2D eigenvalue weighted by molar-refractivity contribution is 0.0702. The lowest BCUT2D eigenvalue weighted by Crippen LogP contribution is -2.10. The summed E-state index contributed by atoms with van der Waals surface area (Å²) in [6.07, 6.45) is 0. The van der Waals surface area contributed by atoms with E-state index >= 15 is 0 Å². The second-order valence-corrected chi connectivity index (χ2v) is 5.42. The van der Waals surface area contributed by atoms with Gasteiger partial charge in [0.1, 0.15) is 15.7 Å². The Hall–Kier alpha value is -1.79. The third-order valence-corrected chi connectivity index (χ3v) is 3.46. The summed E-state index contributed by atoms with van der Waals surface area (Å²) in [5.41, 5.74) is 1.01. The molecule has 4 nitrogen and oxygen atoms in total. The first-order valence-corrected chi connectivity index (χ1v) is 6.42. The van der Waals surface area contributed by atoms with Crippen LogP contribution < -0.4 is 0 Å². The molecule has 1 heterocycles. The quantitative estimate of drug-likeness (QED) is 0.935. The van der Waals surface area contributed by atoms with Crippen molar-refractivity contribution >= 4 is 17.3 Å². The molecule has 0 atom stereocenters. The van der Waals surface area contributed by atoms with E-state index < -0.39 is 5.97 Å². The lowest BCUT2D eigenvalue weighted by Gasteiger charge is -2.04. The molecule has 100 valence electrons. The van der Waals surface area contributed by atoms with Crippen molar-refractivity contribution in [2.75, 3.05) is 14.1 Å². The minimum Gasteiger partial charge on any atom is -0.477 e. The summed E-state index contributed by atoms with van der Waals surface area (Å²) in [6, 6.07) is 5.67. The van der Waals surface area contributed by atoms with Crippen molar-refractivity contribution in [1.29, 1.82) is 0 Å². The average molecular weight is 280 g/mol. The fraction of sp³-hybridized carbons (Fsp3) is 0.231. The van der Waals surface area contributed by atoms with E-state index in [2.05, 4.69) is 4.98 Å². The number of halogens is 1. The van der Waals surface area contributed by atoms with E-state index in [0.717, 1.165) is 16.3 Å². The third kappa shape index (κ3) is 3.15. The second kappa shape index (κ2) is 5.46. The fourth-order valence-corrected chi connectivity index (χ4v) is 2.69. The highest BCUT2D eigenvalue weighted by Crippen LogP contribution is 2.29. The topological polar surface area (TPSA) is 53.4 Å². The minimum atomic E-state index is -1.01. The van der Waals surface area contributed by atoms with Gasteiger partial charge in [0.2, 0.25) is 0 Å². The van der Waals surface area contributed by atoms with E-state index in [1.54, 1.807) is 0 Å². The van der Waals surface area contributed by atoms with Gasteiger partial charge in [-0.1, -0.05) is 0 Å². The second-order valence-electron chi connectivity index (χ2n) is 4.34. The van der Waals surface area contributed by atoms with Crippen molar-refractivity contribution in [1.82, 2.24) is 9.88 Å². The van der Waals surface area contributed by atoms with Crippen LogP contribution in [0.3, 0.4) is 0 Å². The Balaban J connectivity index is 2.45. The van der Waals surface area contributed by atoms with Crippen LogP contribution in [0.4, 0.5) is 4.39 Å². The van der Waals surface area contributed by atoms with Crippen molar-refractivity contribution in [2.45, 2.75) is 6.54 Å². The normalized spacial score (nSPS) is 10.9. The first-order valence-electron chi connectivity index (χ1n) is 5.61. The molecule has 0 unspecified atom stereocenters. The Morgan fingerprint density at radius 2 is 2.00 bits per heavy atom. The number of aromatic nitrogens is 1. The van der Waals surface area contributed by atoms with Gasteiger partial charge >= 0.3 is 5.97 Å². The summed E-state index contributed by atoms with van der Waals surface area (Å²) in [5.74, 6) is -1.37. The van der Waals surface area contributed by atoms with Crippen LogP contribution in [0, 0.1) is 5.82 Å². The zero-order valence-electron chi connectivity index (χ0n) is 10.6. The molecule has 0 saturated heterocycles. The average Bonchev–Trinajstić information content (AvgIpc) is 2.73. The van der Waals surface area contributed by atoms with E-state index in [4.69, 9.17) is 0 Å². The van der Waals surface area contributed by atoms with Crippen molar-refractivity contribution in [3.63, 3.8) is 0 Å². The molecule has 0 spiro atoms. The van der Waals surface area contributed by atoms with E-state index in [0.29, 0.717) is 17.8 Å². The molecule has 0 aliphatic rings. The van der Waals surface area contributed by atoms with Crippen LogP contribution in [-0.4, -0.2) is 35.1 Å². The molecule has 0 fully saturated rings. The highest BCUT2D eigenvalue weighted by Gasteiger charge is 2.18. The number of carboxylic acids is 1. The summed E-state index contributed by atoms with van der Waals surface area (Å²) in [4.78, 5) is 17.7. The fourth-order valence-electron chi connectivity index (χ4n) is 1.65. The molecular weight excluding hydrogens is 267 g/mol. The summed E-state index contributed by atoms with van der Waals surface area (Å²) in [7, 11) is 3.78. The maximum Gasteiger partial charge on any atom is 0.348 e. The SMILES string of the molecule is CN(C)Cc1nc(-c2ccc(F)cc2)c(C(=O)O)s1. The zero-order valence-corrected chi connectivity index (χ0v) is 11.4. The summed E-state index contributed by atoms with van der Waals surface area (Å²) in [5, 5.41) is 9.94. The van der Waals surface area contributed by atoms with Gasteiger partial charge in [-0.05, 0) is 38.4 Å². The molecule has 6 heteroatoms. The number of hydrogen-bond donors (Lipinski definition) is 1. The molecule has 0 aliphatic carbocycles. The number of rotatable bonds is 4. The zero-order chi connectivity index (χ0) is 14.0. The summed E-state index contributed by atoms with van der Waals surface area (Å²) < 4.78 is 12.9. The van der Waals surface area contributed by atoms with Crippen molar-refractivity contribution in [3.8, 4) is 11.3 Å². The molecule has 0 amide bonds. The predicted octanol–water partition coefficient (Wildman–Crippen LogP) is 2.71. The van der Waals surface area contributed by atoms with Gasteiger partial charge in [-0.15, -0.1) is 11.3 Å². The van der Waals surface area contributed by atoms with Gasteiger partial charge in [-0.3, -0.25) is 0 Å². The molecule has 2 rings (SSSR count). The monoisotopic (exact) mass is 280 g/mol. The van der Waals surface area contributed by atoms with Gasteiger partial charge in [-0.25, -0.2) is 14.2 Å². The first kappa shape index (κ1) is 13.6. The number of benzene rings is 1. The molecular formula is C13H13FN2O2S. The maximum absolute atomic E-state index is 12.9. The van der Waals surface area contributed by atoms with Crippen molar-refractivity contribution in [3.05, 3.63) is 40.0 Å². The molecule has 1 N–H and O–H groups in total. The van der Waals surface area contributed by atoms with Crippen LogP contribution >= 0.6 is 11.3 Å². The standard InChI is InChI=1S/C13H13FN2O2S/c1-16(2)7-10-15-11(12(19-10)13(17)18)8-3-5-9(14)6-4-8/h3-6H,7H2,1-2H3,(H,17,18). The Morgan fingerprint density at radius 1 is 1.37 bits per heavy atom. The van der Waals surface area contributed by atoms with Gasteiger partial charge in [0.05, 0.1) is 5.69 Å². The van der Waals surface area contributed by atoms with E-state index in [1.165, 1.54) is 24.3 Å². The Labute approximate surface area is 114 Å². The smallest absolute Gasteiger partial charge is 0.348 e. The predicted molar refractivity (Wildman–Crippen MR) is 71.9 cm³/mol. The van der Waals surface area contributed by atoms with Crippen molar-refractivity contribution in [2.24, 2.45) is 0 Å². The molecule has 0 aliphatic heterocycles. The van der Waals surface area contributed by atoms with E-state index in [9.17, 15) is 14.3 Å². The van der Waals surface area contributed by atoms with Gasteiger partial charge in [0.15, 0.2) is 0 Å². The molecule has 0 saturated carbocycles. The van der Waals surface area contributed by atoms with Gasteiger partial charge in [0, 0.05) is 12.1 Å². The first-order chi connectivity index (χ1) is 8.97. The molecule has 2 aromatic rings. The van der Waals surface area contributed by atoms with Gasteiger partial charge in [-0.2, -0.15) is 0 Å². The van der Waals surface area contributed by atoms with Crippen LogP contribution in [0.25, 0.3) is 11.3 Å². The Kier molecular flexibility index (Phi) is 3.92.